The van der Waals surface area contributed by atoms with Crippen molar-refractivity contribution in [3.63, 3.8) is 0 Å². The van der Waals surface area contributed by atoms with Crippen LogP contribution in [-0.4, -0.2) is 35.0 Å². The second-order valence-electron chi connectivity index (χ2n) is 14.5. The number of amides is 2. The Balaban J connectivity index is 1.03. The lowest BCUT2D eigenvalue weighted by Gasteiger charge is -2.35. The van der Waals surface area contributed by atoms with Crippen molar-refractivity contribution in [2.24, 2.45) is 23.7 Å². The molecule has 3 aliphatic rings. The summed E-state index contributed by atoms with van der Waals surface area (Å²) in [5, 5.41) is 12.4. The molecular weight excluding hydrogens is 554 g/mol. The third-order valence-electron chi connectivity index (χ3n) is 11.6. The number of benzene rings is 2. The molecule has 2 amide bonds. The van der Waals surface area contributed by atoms with Crippen molar-refractivity contribution in [3.05, 3.63) is 64.7 Å². The maximum Gasteiger partial charge on any atom is 0.256 e. The number of aliphatic hydroxyl groups is 1. The molecule has 0 spiro atoms. The van der Waals surface area contributed by atoms with Crippen LogP contribution in [0.2, 0.25) is 0 Å². The average molecular weight is 612 g/mol. The molecule has 4 heteroatoms. The lowest BCUT2D eigenvalue weighted by molar-refractivity contribution is -0.137. The largest absolute Gasteiger partial charge is 0.396 e. The summed E-state index contributed by atoms with van der Waals surface area (Å²) in [5.74, 6) is 2.63. The van der Waals surface area contributed by atoms with Crippen molar-refractivity contribution in [3.8, 4) is 0 Å². The number of imide groups is 1. The first-order valence-electron chi connectivity index (χ1n) is 18.2. The van der Waals surface area contributed by atoms with Gasteiger partial charge in [0.2, 0.25) is 0 Å². The topological polar surface area (TPSA) is 57.6 Å². The van der Waals surface area contributed by atoms with Gasteiger partial charge in [-0.1, -0.05) is 88.3 Å². The molecule has 2 aliphatic carbocycles. The molecule has 1 N–H and O–H groups in total. The SMILES string of the molecule is CCCCCc1ccc2cc(C3=CCC(C4CCC(CCCC(CCO)CCN5C(=O)C(C)=C(C)C5=O)CC4)CC3)ccc2c1. The van der Waals surface area contributed by atoms with Gasteiger partial charge in [-0.05, 0) is 129 Å². The Bertz CT molecular complexity index is 1350. The van der Waals surface area contributed by atoms with Gasteiger partial charge in [0.25, 0.3) is 11.8 Å². The van der Waals surface area contributed by atoms with Crippen LogP contribution < -0.4 is 0 Å². The molecule has 1 fully saturated rings. The molecule has 5 rings (SSSR count). The van der Waals surface area contributed by atoms with Gasteiger partial charge in [0, 0.05) is 24.3 Å². The van der Waals surface area contributed by atoms with Crippen LogP contribution in [0.15, 0.2) is 53.6 Å². The molecule has 2 atom stereocenters. The normalized spacial score (nSPS) is 23.2. The van der Waals surface area contributed by atoms with E-state index in [0.717, 1.165) is 37.0 Å². The van der Waals surface area contributed by atoms with E-state index in [-0.39, 0.29) is 18.4 Å². The summed E-state index contributed by atoms with van der Waals surface area (Å²) in [6, 6.07) is 14.2. The van der Waals surface area contributed by atoms with Gasteiger partial charge in [-0.15, -0.1) is 0 Å². The molecule has 1 aliphatic heterocycles. The number of hydrogen-bond acceptors (Lipinski definition) is 3. The van der Waals surface area contributed by atoms with Crippen LogP contribution in [0.4, 0.5) is 0 Å². The summed E-state index contributed by atoms with van der Waals surface area (Å²) < 4.78 is 0. The van der Waals surface area contributed by atoms with Gasteiger partial charge in [0.1, 0.15) is 0 Å². The Morgan fingerprint density at radius 1 is 0.822 bits per heavy atom. The summed E-state index contributed by atoms with van der Waals surface area (Å²) >= 11 is 0. The minimum absolute atomic E-state index is 0.137. The molecule has 2 aromatic rings. The van der Waals surface area contributed by atoms with Crippen LogP contribution in [-0.2, 0) is 16.0 Å². The fraction of sp³-hybridized carbons (Fsp3) is 0.610. The third kappa shape index (κ3) is 8.56. The monoisotopic (exact) mass is 611 g/mol. The number of carbonyl (C=O) groups is 2. The fourth-order valence-corrected chi connectivity index (χ4v) is 8.37. The van der Waals surface area contributed by atoms with Crippen molar-refractivity contribution in [1.82, 2.24) is 4.90 Å². The van der Waals surface area contributed by atoms with Crippen molar-refractivity contribution in [2.75, 3.05) is 13.2 Å². The number of rotatable bonds is 15. The fourth-order valence-electron chi connectivity index (χ4n) is 8.37. The zero-order valence-electron chi connectivity index (χ0n) is 28.3. The van der Waals surface area contributed by atoms with E-state index in [9.17, 15) is 14.7 Å². The number of carbonyl (C=O) groups excluding carboxylic acids is 2. The smallest absolute Gasteiger partial charge is 0.256 e. The molecule has 45 heavy (non-hydrogen) atoms. The number of aryl methyl sites for hydroxylation is 1. The maximum absolute atomic E-state index is 12.4. The highest BCUT2D eigenvalue weighted by Crippen LogP contribution is 2.42. The molecule has 0 aromatic heterocycles. The van der Waals surface area contributed by atoms with Crippen molar-refractivity contribution >= 4 is 28.2 Å². The highest BCUT2D eigenvalue weighted by Gasteiger charge is 2.33. The first-order valence-corrected chi connectivity index (χ1v) is 18.2. The van der Waals surface area contributed by atoms with Crippen molar-refractivity contribution in [2.45, 2.75) is 124 Å². The van der Waals surface area contributed by atoms with Gasteiger partial charge in [-0.25, -0.2) is 0 Å². The highest BCUT2D eigenvalue weighted by atomic mass is 16.3. The molecule has 1 saturated carbocycles. The van der Waals surface area contributed by atoms with Crippen LogP contribution >= 0.6 is 0 Å². The lowest BCUT2D eigenvalue weighted by atomic mass is 9.70. The zero-order chi connectivity index (χ0) is 31.8. The van der Waals surface area contributed by atoms with Gasteiger partial charge in [-0.3, -0.25) is 14.5 Å². The Kier molecular flexibility index (Phi) is 12.1. The molecular formula is C41H57NO3. The van der Waals surface area contributed by atoms with Crippen molar-refractivity contribution < 1.29 is 14.7 Å². The van der Waals surface area contributed by atoms with Crippen molar-refractivity contribution in [1.29, 1.82) is 0 Å². The Hall–Kier alpha value is -2.72. The maximum atomic E-state index is 12.4. The van der Waals surface area contributed by atoms with E-state index in [0.29, 0.717) is 23.6 Å². The number of nitrogens with zero attached hydrogens (tertiary/aromatic N) is 1. The van der Waals surface area contributed by atoms with E-state index in [1.54, 1.807) is 19.4 Å². The van der Waals surface area contributed by atoms with E-state index in [4.69, 9.17) is 0 Å². The van der Waals surface area contributed by atoms with Gasteiger partial charge in [0.15, 0.2) is 0 Å². The predicted octanol–water partition coefficient (Wildman–Crippen LogP) is 9.83. The molecule has 2 aromatic carbocycles. The van der Waals surface area contributed by atoms with E-state index >= 15 is 0 Å². The van der Waals surface area contributed by atoms with Gasteiger partial charge in [-0.2, -0.15) is 0 Å². The van der Waals surface area contributed by atoms with Crippen LogP contribution in [0.1, 0.15) is 128 Å². The molecule has 2 unspecified atom stereocenters. The average Bonchev–Trinajstić information content (AvgIpc) is 3.25. The lowest BCUT2D eigenvalue weighted by Crippen LogP contribution is -2.33. The Labute approximate surface area is 272 Å². The van der Waals surface area contributed by atoms with Gasteiger partial charge in [0.05, 0.1) is 0 Å². The minimum Gasteiger partial charge on any atom is -0.396 e. The zero-order valence-corrected chi connectivity index (χ0v) is 28.3. The molecule has 4 nitrogen and oxygen atoms in total. The van der Waals surface area contributed by atoms with E-state index in [1.165, 1.54) is 110 Å². The van der Waals surface area contributed by atoms with Gasteiger partial charge >= 0.3 is 0 Å². The minimum atomic E-state index is -0.137. The number of hydrogen-bond donors (Lipinski definition) is 1. The summed E-state index contributed by atoms with van der Waals surface area (Å²) in [4.78, 5) is 26.2. The number of allylic oxidation sites excluding steroid dienone is 2. The standard InChI is InChI=1S/C41H57NO3/c1-4-5-6-8-33-13-16-39-28-38(22-21-37(39)27-33)36-19-17-35(18-20-36)34-14-11-31(12-15-34)9-7-10-32(24-26-43)23-25-42-40(44)29(2)30(3)41(42)45/h13,16,19,21-22,27-28,31-32,34-35,43H,4-12,14-15,17-18,20,23-26H2,1-3H3. The molecule has 0 radical (unpaired) electrons. The van der Waals surface area contributed by atoms with Crippen LogP contribution in [0.25, 0.3) is 16.3 Å². The summed E-state index contributed by atoms with van der Waals surface area (Å²) in [6.07, 6.45) is 21.9. The molecule has 0 saturated heterocycles. The Morgan fingerprint density at radius 3 is 2.24 bits per heavy atom. The molecule has 244 valence electrons. The van der Waals surface area contributed by atoms with E-state index < -0.39 is 0 Å². The summed E-state index contributed by atoms with van der Waals surface area (Å²) in [6.45, 7) is 6.40. The number of fused-ring (bicyclic) bond motifs is 1. The van der Waals surface area contributed by atoms with E-state index in [2.05, 4.69) is 49.4 Å². The number of unbranched alkanes of at least 4 members (excludes halogenated alkanes) is 2. The molecule has 1 heterocycles. The van der Waals surface area contributed by atoms with Gasteiger partial charge < -0.3 is 5.11 Å². The predicted molar refractivity (Wildman–Crippen MR) is 187 cm³/mol. The second-order valence-corrected chi connectivity index (χ2v) is 14.5. The van der Waals surface area contributed by atoms with E-state index in [1.807, 2.05) is 0 Å². The van der Waals surface area contributed by atoms with Crippen LogP contribution in [0, 0.1) is 23.7 Å². The quantitative estimate of drug-likeness (QED) is 0.161. The first kappa shape index (κ1) is 33.6. The Morgan fingerprint density at radius 2 is 1.56 bits per heavy atom. The molecule has 0 bridgehead atoms. The second kappa shape index (κ2) is 16.2. The van der Waals surface area contributed by atoms with Crippen LogP contribution in [0.5, 0.6) is 0 Å². The summed E-state index contributed by atoms with van der Waals surface area (Å²) in [7, 11) is 0. The summed E-state index contributed by atoms with van der Waals surface area (Å²) in [5.41, 5.74) is 5.60. The number of aliphatic hydroxyl groups excluding tert-OH is 1. The highest BCUT2D eigenvalue weighted by molar-refractivity contribution is 6.18. The third-order valence-corrected chi connectivity index (χ3v) is 11.6. The van der Waals surface area contributed by atoms with Crippen LogP contribution in [0.3, 0.4) is 0 Å². The first-order chi connectivity index (χ1) is 21.9.